The van der Waals surface area contributed by atoms with Crippen LogP contribution < -0.4 is 10.6 Å². The Morgan fingerprint density at radius 1 is 1.24 bits per heavy atom. The third-order valence-electron chi connectivity index (χ3n) is 4.15. The van der Waals surface area contributed by atoms with E-state index < -0.39 is 6.04 Å². The van der Waals surface area contributed by atoms with E-state index in [1.807, 2.05) is 24.3 Å². The number of nitrogens with two attached hydrogens (primary N) is 1. The molecule has 1 fully saturated rings. The largest absolute Gasteiger partial charge is 0.345 e. The zero-order chi connectivity index (χ0) is 17.3. The van der Waals surface area contributed by atoms with Crippen molar-refractivity contribution in [3.63, 3.8) is 0 Å². The van der Waals surface area contributed by atoms with E-state index in [4.69, 9.17) is 5.73 Å². The molecule has 25 heavy (non-hydrogen) atoms. The molecule has 1 saturated heterocycles. The molecule has 0 saturated carbocycles. The van der Waals surface area contributed by atoms with Crippen molar-refractivity contribution >= 4 is 30.0 Å². The van der Waals surface area contributed by atoms with Crippen LogP contribution in [-0.2, 0) is 4.79 Å². The normalized spacial score (nSPS) is 16.5. The first-order valence-corrected chi connectivity index (χ1v) is 7.83. The molecular weight excluding hydrogens is 340 g/mol. The van der Waals surface area contributed by atoms with Gasteiger partial charge in [-0.1, -0.05) is 18.2 Å². The molecule has 1 aromatic carbocycles. The number of carbonyl (C=O) groups excluding carboxylic acids is 2. The molecule has 2 N–H and O–H groups in total. The second-order valence-corrected chi connectivity index (χ2v) is 6.04. The number of halogens is 1. The van der Waals surface area contributed by atoms with E-state index in [1.165, 1.54) is 0 Å². The lowest BCUT2D eigenvalue weighted by atomic mass is 10.0. The average Bonchev–Trinajstić information content (AvgIpc) is 2.93. The van der Waals surface area contributed by atoms with Gasteiger partial charge < -0.3 is 10.6 Å². The van der Waals surface area contributed by atoms with Gasteiger partial charge in [-0.15, -0.1) is 12.4 Å². The van der Waals surface area contributed by atoms with Crippen LogP contribution in [0.2, 0.25) is 0 Å². The maximum absolute atomic E-state index is 12.3. The van der Waals surface area contributed by atoms with Gasteiger partial charge >= 0.3 is 0 Å². The first-order chi connectivity index (χ1) is 11.5. The standard InChI is InChI=1S/C18H20N4O2.ClH/c1-21(2)17(23)14-6-4-3-5-13(14)12-7-8-16(20-11-12)22-10-9-15(19)18(22)24;/h3-8,11,15H,9-10,19H2,1-2H3;1H/t15-;/m0./s1. The molecule has 0 unspecified atom stereocenters. The molecule has 132 valence electrons. The predicted molar refractivity (Wildman–Crippen MR) is 99.9 cm³/mol. The maximum atomic E-state index is 12.3. The summed E-state index contributed by atoms with van der Waals surface area (Å²) in [4.78, 5) is 31.9. The van der Waals surface area contributed by atoms with Gasteiger partial charge in [-0.2, -0.15) is 0 Å². The number of amides is 2. The quantitative estimate of drug-likeness (QED) is 0.907. The minimum Gasteiger partial charge on any atom is -0.345 e. The van der Waals surface area contributed by atoms with Crippen molar-refractivity contribution in [1.29, 1.82) is 0 Å². The Kier molecular flexibility index (Phi) is 5.77. The minimum absolute atomic E-state index is 0. The summed E-state index contributed by atoms with van der Waals surface area (Å²) in [6.45, 7) is 0.585. The third kappa shape index (κ3) is 3.65. The van der Waals surface area contributed by atoms with Crippen molar-refractivity contribution < 1.29 is 9.59 Å². The summed E-state index contributed by atoms with van der Waals surface area (Å²) < 4.78 is 0. The van der Waals surface area contributed by atoms with Gasteiger partial charge in [0.1, 0.15) is 5.82 Å². The van der Waals surface area contributed by atoms with Crippen molar-refractivity contribution in [2.24, 2.45) is 5.73 Å². The number of pyridine rings is 1. The van der Waals surface area contributed by atoms with Crippen LogP contribution in [0.25, 0.3) is 11.1 Å². The number of benzene rings is 1. The van der Waals surface area contributed by atoms with Gasteiger partial charge in [0.25, 0.3) is 5.91 Å². The Bertz CT molecular complexity index is 777. The van der Waals surface area contributed by atoms with Gasteiger partial charge in [-0.05, 0) is 30.2 Å². The molecule has 0 bridgehead atoms. The molecule has 2 heterocycles. The monoisotopic (exact) mass is 360 g/mol. The Labute approximate surface area is 153 Å². The van der Waals surface area contributed by atoms with Crippen LogP contribution in [-0.4, -0.2) is 48.4 Å². The summed E-state index contributed by atoms with van der Waals surface area (Å²) in [5.41, 5.74) is 8.02. The Morgan fingerprint density at radius 3 is 2.52 bits per heavy atom. The highest BCUT2D eigenvalue weighted by atomic mass is 35.5. The molecule has 0 radical (unpaired) electrons. The molecule has 0 aliphatic carbocycles. The number of anilines is 1. The number of carbonyl (C=O) groups is 2. The van der Waals surface area contributed by atoms with Gasteiger partial charge in [0.15, 0.2) is 0 Å². The molecule has 1 atom stereocenters. The van der Waals surface area contributed by atoms with Crippen LogP contribution in [0.5, 0.6) is 0 Å². The Hall–Kier alpha value is -2.44. The SMILES string of the molecule is CN(C)C(=O)c1ccccc1-c1ccc(N2CC[C@H](N)C2=O)nc1.Cl. The van der Waals surface area contributed by atoms with Gasteiger partial charge in [-0.25, -0.2) is 4.98 Å². The van der Waals surface area contributed by atoms with E-state index >= 15 is 0 Å². The predicted octanol–water partition coefficient (Wildman–Crippen LogP) is 1.94. The highest BCUT2D eigenvalue weighted by molar-refractivity contribution is 6.01. The number of hydrogen-bond acceptors (Lipinski definition) is 4. The molecule has 6 nitrogen and oxygen atoms in total. The molecular formula is C18H21ClN4O2. The van der Waals surface area contributed by atoms with E-state index in [1.54, 1.807) is 42.2 Å². The fraction of sp³-hybridized carbons (Fsp3) is 0.278. The van der Waals surface area contributed by atoms with Crippen molar-refractivity contribution in [2.45, 2.75) is 12.5 Å². The van der Waals surface area contributed by atoms with Gasteiger partial charge in [0.2, 0.25) is 5.91 Å². The molecule has 0 spiro atoms. The van der Waals surface area contributed by atoms with Crippen LogP contribution in [0.15, 0.2) is 42.6 Å². The molecule has 7 heteroatoms. The molecule has 1 aliphatic rings. The molecule has 1 aliphatic heterocycles. The molecule has 2 aromatic rings. The van der Waals surface area contributed by atoms with E-state index in [9.17, 15) is 9.59 Å². The minimum atomic E-state index is -0.440. The van der Waals surface area contributed by atoms with Gasteiger partial charge in [0.05, 0.1) is 6.04 Å². The molecule has 2 amide bonds. The lowest BCUT2D eigenvalue weighted by molar-refractivity contribution is -0.118. The van der Waals surface area contributed by atoms with Crippen LogP contribution in [0, 0.1) is 0 Å². The number of hydrogen-bond donors (Lipinski definition) is 1. The van der Waals surface area contributed by atoms with Crippen molar-refractivity contribution in [3.05, 3.63) is 48.2 Å². The topological polar surface area (TPSA) is 79.5 Å². The average molecular weight is 361 g/mol. The van der Waals surface area contributed by atoms with Crippen molar-refractivity contribution in [2.75, 3.05) is 25.5 Å². The third-order valence-corrected chi connectivity index (χ3v) is 4.15. The first-order valence-electron chi connectivity index (χ1n) is 7.83. The van der Waals surface area contributed by atoms with Crippen LogP contribution in [0.4, 0.5) is 5.82 Å². The summed E-state index contributed by atoms with van der Waals surface area (Å²) in [6.07, 6.45) is 2.33. The van der Waals surface area contributed by atoms with E-state index in [0.717, 1.165) is 11.1 Å². The second kappa shape index (κ2) is 7.63. The Morgan fingerprint density at radius 2 is 1.96 bits per heavy atom. The van der Waals surface area contributed by atoms with Crippen LogP contribution in [0.3, 0.4) is 0 Å². The summed E-state index contributed by atoms with van der Waals surface area (Å²) in [5.74, 6) is 0.432. The summed E-state index contributed by atoms with van der Waals surface area (Å²) in [5, 5.41) is 0. The fourth-order valence-corrected chi connectivity index (χ4v) is 2.80. The van der Waals surface area contributed by atoms with E-state index in [2.05, 4.69) is 4.98 Å². The molecule has 1 aromatic heterocycles. The number of rotatable bonds is 3. The summed E-state index contributed by atoms with van der Waals surface area (Å²) in [7, 11) is 3.45. The summed E-state index contributed by atoms with van der Waals surface area (Å²) in [6, 6.07) is 10.7. The first kappa shape index (κ1) is 18.9. The maximum Gasteiger partial charge on any atom is 0.253 e. The highest BCUT2D eigenvalue weighted by Crippen LogP contribution is 2.26. The number of nitrogens with zero attached hydrogens (tertiary/aromatic N) is 3. The zero-order valence-electron chi connectivity index (χ0n) is 14.2. The van der Waals surface area contributed by atoms with E-state index in [-0.39, 0.29) is 24.2 Å². The Balaban J connectivity index is 0.00000225. The van der Waals surface area contributed by atoms with Gasteiger partial charge in [0, 0.05) is 38.0 Å². The van der Waals surface area contributed by atoms with Gasteiger partial charge in [-0.3, -0.25) is 14.5 Å². The summed E-state index contributed by atoms with van der Waals surface area (Å²) >= 11 is 0. The lowest BCUT2D eigenvalue weighted by Crippen LogP contribution is -2.34. The van der Waals surface area contributed by atoms with E-state index in [0.29, 0.717) is 24.3 Å². The van der Waals surface area contributed by atoms with Crippen molar-refractivity contribution in [3.8, 4) is 11.1 Å². The van der Waals surface area contributed by atoms with Crippen LogP contribution in [0.1, 0.15) is 16.8 Å². The zero-order valence-corrected chi connectivity index (χ0v) is 15.0. The fourth-order valence-electron chi connectivity index (χ4n) is 2.80. The number of aromatic nitrogens is 1. The molecule has 3 rings (SSSR count). The van der Waals surface area contributed by atoms with Crippen LogP contribution >= 0.6 is 12.4 Å². The lowest BCUT2D eigenvalue weighted by Gasteiger charge is -2.16. The second-order valence-electron chi connectivity index (χ2n) is 6.04. The smallest absolute Gasteiger partial charge is 0.253 e. The highest BCUT2D eigenvalue weighted by Gasteiger charge is 2.30. The van der Waals surface area contributed by atoms with Crippen molar-refractivity contribution in [1.82, 2.24) is 9.88 Å².